The fourth-order valence-corrected chi connectivity index (χ4v) is 2.51. The zero-order valence-corrected chi connectivity index (χ0v) is 10.9. The molecule has 19 heavy (non-hydrogen) atoms. The Morgan fingerprint density at radius 3 is 2.84 bits per heavy atom. The molecular weight excluding hydrogens is 273 g/mol. The molecule has 102 valence electrons. The van der Waals surface area contributed by atoms with E-state index in [0.717, 1.165) is 0 Å². The molecule has 0 bridgehead atoms. The molecule has 1 aliphatic heterocycles. The third-order valence-electron chi connectivity index (χ3n) is 3.25. The highest BCUT2D eigenvalue weighted by Crippen LogP contribution is 2.23. The van der Waals surface area contributed by atoms with Crippen LogP contribution in [0.3, 0.4) is 0 Å². The summed E-state index contributed by atoms with van der Waals surface area (Å²) in [5.74, 6) is -1.98. The van der Waals surface area contributed by atoms with Crippen LogP contribution in [0.1, 0.15) is 18.4 Å². The summed E-state index contributed by atoms with van der Waals surface area (Å²) in [6.45, 7) is 0.391. The van der Waals surface area contributed by atoms with E-state index in [1.54, 1.807) is 0 Å². The maximum absolute atomic E-state index is 13.6. The molecule has 1 N–H and O–H groups in total. The minimum atomic E-state index is -1.02. The Hall–Kier alpha value is -1.62. The van der Waals surface area contributed by atoms with Gasteiger partial charge in [0.05, 0.1) is 6.42 Å². The zero-order valence-electron chi connectivity index (χ0n) is 10.1. The fourth-order valence-electron chi connectivity index (χ4n) is 2.28. The molecule has 1 aliphatic rings. The van der Waals surface area contributed by atoms with Crippen LogP contribution in [0.15, 0.2) is 18.2 Å². The summed E-state index contributed by atoms with van der Waals surface area (Å²) in [4.78, 5) is 24.4. The highest BCUT2D eigenvalue weighted by molar-refractivity contribution is 6.31. The second-order valence-electron chi connectivity index (χ2n) is 4.46. The largest absolute Gasteiger partial charge is 0.480 e. The quantitative estimate of drug-likeness (QED) is 0.925. The average molecular weight is 286 g/mol. The molecular formula is C13H13ClFNO3. The topological polar surface area (TPSA) is 57.6 Å². The van der Waals surface area contributed by atoms with Crippen molar-refractivity contribution >= 4 is 23.5 Å². The lowest BCUT2D eigenvalue weighted by Gasteiger charge is -2.21. The standard InChI is InChI=1S/C13H13ClFNO3/c14-9-3-1-4-10(15)8(9)7-12(17)16-6-2-5-11(16)13(18)19/h1,3-4,11H,2,5-7H2,(H,18,19)/t11-/m1/s1. The number of benzene rings is 1. The molecule has 1 amide bonds. The van der Waals surface area contributed by atoms with Crippen molar-refractivity contribution in [1.29, 1.82) is 0 Å². The molecule has 1 heterocycles. The van der Waals surface area contributed by atoms with Crippen LogP contribution in [-0.2, 0) is 16.0 Å². The molecule has 1 fully saturated rings. The molecule has 0 unspecified atom stereocenters. The lowest BCUT2D eigenvalue weighted by Crippen LogP contribution is -2.41. The summed E-state index contributed by atoms with van der Waals surface area (Å²) >= 11 is 5.85. The molecule has 0 saturated carbocycles. The Morgan fingerprint density at radius 1 is 1.47 bits per heavy atom. The summed E-state index contributed by atoms with van der Waals surface area (Å²) in [7, 11) is 0. The van der Waals surface area contributed by atoms with E-state index in [4.69, 9.17) is 16.7 Å². The number of nitrogens with zero attached hydrogens (tertiary/aromatic N) is 1. The van der Waals surface area contributed by atoms with Gasteiger partial charge in [-0.25, -0.2) is 9.18 Å². The first-order valence-corrected chi connectivity index (χ1v) is 6.33. The molecule has 6 heteroatoms. The van der Waals surface area contributed by atoms with E-state index in [9.17, 15) is 14.0 Å². The average Bonchev–Trinajstić information content (AvgIpc) is 2.83. The second kappa shape index (κ2) is 5.57. The number of halogens is 2. The smallest absolute Gasteiger partial charge is 0.326 e. The Balaban J connectivity index is 2.15. The van der Waals surface area contributed by atoms with Crippen LogP contribution in [-0.4, -0.2) is 34.5 Å². The lowest BCUT2D eigenvalue weighted by molar-refractivity contribution is -0.148. The van der Waals surface area contributed by atoms with Gasteiger partial charge in [-0.1, -0.05) is 17.7 Å². The summed E-state index contributed by atoms with van der Waals surface area (Å²) in [6, 6.07) is 3.39. The van der Waals surface area contributed by atoms with Gasteiger partial charge in [0.15, 0.2) is 0 Å². The van der Waals surface area contributed by atoms with E-state index in [0.29, 0.717) is 19.4 Å². The van der Waals surface area contributed by atoms with Crippen molar-refractivity contribution in [2.75, 3.05) is 6.54 Å². The van der Waals surface area contributed by atoms with E-state index in [1.165, 1.54) is 23.1 Å². The maximum atomic E-state index is 13.6. The normalized spacial score (nSPS) is 18.6. The van der Waals surface area contributed by atoms with Crippen molar-refractivity contribution in [3.63, 3.8) is 0 Å². The molecule has 0 radical (unpaired) electrons. The molecule has 1 saturated heterocycles. The minimum Gasteiger partial charge on any atom is -0.480 e. The van der Waals surface area contributed by atoms with E-state index >= 15 is 0 Å². The van der Waals surface area contributed by atoms with Crippen LogP contribution in [0.5, 0.6) is 0 Å². The summed E-state index contributed by atoms with van der Waals surface area (Å²) in [5, 5.41) is 9.19. The van der Waals surface area contributed by atoms with E-state index < -0.39 is 23.7 Å². The predicted molar refractivity (Wildman–Crippen MR) is 67.5 cm³/mol. The Kier molecular flexibility index (Phi) is 4.04. The second-order valence-corrected chi connectivity index (χ2v) is 4.87. The Bertz CT molecular complexity index is 500. The summed E-state index contributed by atoms with van der Waals surface area (Å²) < 4.78 is 13.6. The zero-order chi connectivity index (χ0) is 14.0. The number of amides is 1. The first-order chi connectivity index (χ1) is 9.00. The molecule has 1 atom stereocenters. The van der Waals surface area contributed by atoms with Gasteiger partial charge >= 0.3 is 5.97 Å². The van der Waals surface area contributed by atoms with Gasteiger partial charge in [0.1, 0.15) is 11.9 Å². The highest BCUT2D eigenvalue weighted by atomic mass is 35.5. The van der Waals surface area contributed by atoms with Crippen LogP contribution in [0.2, 0.25) is 5.02 Å². The summed E-state index contributed by atoms with van der Waals surface area (Å²) in [6.07, 6.45) is 0.870. The van der Waals surface area contributed by atoms with E-state index in [1.807, 2.05) is 0 Å². The van der Waals surface area contributed by atoms with Crippen molar-refractivity contribution in [3.8, 4) is 0 Å². The van der Waals surface area contributed by atoms with Gasteiger partial charge in [0.2, 0.25) is 5.91 Å². The van der Waals surface area contributed by atoms with Crippen LogP contribution >= 0.6 is 11.6 Å². The number of rotatable bonds is 3. The molecule has 1 aromatic rings. The monoisotopic (exact) mass is 285 g/mol. The van der Waals surface area contributed by atoms with E-state index in [-0.39, 0.29) is 17.0 Å². The molecule has 4 nitrogen and oxygen atoms in total. The first kappa shape index (κ1) is 13.8. The van der Waals surface area contributed by atoms with Gasteiger partial charge in [-0.05, 0) is 25.0 Å². The minimum absolute atomic E-state index is 0.116. The number of carboxylic acids is 1. The molecule has 0 spiro atoms. The van der Waals surface area contributed by atoms with Crippen LogP contribution in [0, 0.1) is 5.82 Å². The molecule has 0 aromatic heterocycles. The number of carbonyl (C=O) groups is 2. The van der Waals surface area contributed by atoms with Gasteiger partial charge in [-0.15, -0.1) is 0 Å². The maximum Gasteiger partial charge on any atom is 0.326 e. The van der Waals surface area contributed by atoms with Gasteiger partial charge in [0, 0.05) is 17.1 Å². The van der Waals surface area contributed by atoms with Crippen molar-refractivity contribution < 1.29 is 19.1 Å². The predicted octanol–water partition coefficient (Wildman–Crippen LogP) is 2.10. The number of carboxylic acid groups (broad SMARTS) is 1. The number of likely N-dealkylation sites (tertiary alicyclic amines) is 1. The van der Waals surface area contributed by atoms with Gasteiger partial charge in [0.25, 0.3) is 0 Å². The number of carbonyl (C=O) groups excluding carboxylic acids is 1. The lowest BCUT2D eigenvalue weighted by atomic mass is 10.1. The van der Waals surface area contributed by atoms with Gasteiger partial charge in [-0.3, -0.25) is 4.79 Å². The number of aliphatic carboxylic acids is 1. The van der Waals surface area contributed by atoms with Crippen LogP contribution in [0.4, 0.5) is 4.39 Å². The van der Waals surface area contributed by atoms with Crippen LogP contribution in [0.25, 0.3) is 0 Å². The number of hydrogen-bond acceptors (Lipinski definition) is 2. The van der Waals surface area contributed by atoms with Crippen molar-refractivity contribution in [3.05, 3.63) is 34.6 Å². The Labute approximate surface area is 114 Å². The SMILES string of the molecule is O=C(O)[C@H]1CCCN1C(=O)Cc1c(F)cccc1Cl. The summed E-state index contributed by atoms with van der Waals surface area (Å²) in [5.41, 5.74) is 0.116. The van der Waals surface area contributed by atoms with Crippen molar-refractivity contribution in [2.24, 2.45) is 0 Å². The highest BCUT2D eigenvalue weighted by Gasteiger charge is 2.34. The van der Waals surface area contributed by atoms with Crippen molar-refractivity contribution in [1.82, 2.24) is 4.90 Å². The Morgan fingerprint density at radius 2 is 2.21 bits per heavy atom. The first-order valence-electron chi connectivity index (χ1n) is 5.96. The molecule has 0 aliphatic carbocycles. The fraction of sp³-hybridized carbons (Fsp3) is 0.385. The van der Waals surface area contributed by atoms with Gasteiger partial charge < -0.3 is 10.0 Å². The third-order valence-corrected chi connectivity index (χ3v) is 3.60. The van der Waals surface area contributed by atoms with E-state index in [2.05, 4.69) is 0 Å². The van der Waals surface area contributed by atoms with Gasteiger partial charge in [-0.2, -0.15) is 0 Å². The molecule has 1 aromatic carbocycles. The van der Waals surface area contributed by atoms with Crippen LogP contribution < -0.4 is 0 Å². The third kappa shape index (κ3) is 2.87. The van der Waals surface area contributed by atoms with Crippen molar-refractivity contribution in [2.45, 2.75) is 25.3 Å². The molecule has 2 rings (SSSR count). The number of hydrogen-bond donors (Lipinski definition) is 1.